The topological polar surface area (TPSA) is 73.8 Å². The summed E-state index contributed by atoms with van der Waals surface area (Å²) in [4.78, 5) is 16.4. The summed E-state index contributed by atoms with van der Waals surface area (Å²) in [6.45, 7) is 0. The molecule has 4 aromatic rings. The zero-order chi connectivity index (χ0) is 18.1. The molecule has 0 amide bonds. The molecule has 0 saturated carbocycles. The third-order valence-corrected chi connectivity index (χ3v) is 4.09. The van der Waals surface area contributed by atoms with Gasteiger partial charge in [-0.15, -0.1) is 0 Å². The molecule has 0 atom stereocenters. The summed E-state index contributed by atoms with van der Waals surface area (Å²) >= 11 is 3.38. The van der Waals surface area contributed by atoms with Crippen molar-refractivity contribution in [1.29, 1.82) is 0 Å². The lowest BCUT2D eigenvalue weighted by Crippen LogP contribution is -2.12. The minimum atomic E-state index is -0.403. The van der Waals surface area contributed by atoms with Gasteiger partial charge in [0, 0.05) is 22.3 Å². The Hall–Kier alpha value is -3.13. The number of hydrogen-bond acceptors (Lipinski definition) is 5. The second kappa shape index (κ2) is 6.64. The molecule has 0 unspecified atom stereocenters. The normalized spacial score (nSPS) is 10.8. The van der Waals surface area contributed by atoms with Crippen molar-refractivity contribution in [3.8, 4) is 28.7 Å². The average Bonchev–Trinajstić information content (AvgIpc) is 3.12. The highest BCUT2D eigenvalue weighted by molar-refractivity contribution is 9.10. The van der Waals surface area contributed by atoms with E-state index in [1.807, 2.05) is 24.3 Å². The molecule has 2 aromatic carbocycles. The first kappa shape index (κ1) is 16.3. The number of nitrogens with zero attached hydrogens (tertiary/aromatic N) is 4. The van der Waals surface area contributed by atoms with Crippen molar-refractivity contribution in [2.24, 2.45) is 0 Å². The van der Waals surface area contributed by atoms with E-state index in [2.05, 4.69) is 31.2 Å². The summed E-state index contributed by atoms with van der Waals surface area (Å²) in [5.74, 6) is -0.0707. The molecule has 0 fully saturated rings. The van der Waals surface area contributed by atoms with Crippen LogP contribution in [0.5, 0.6) is 0 Å². The summed E-state index contributed by atoms with van der Waals surface area (Å²) in [5.41, 5.74) is 0.821. The quantitative estimate of drug-likeness (QED) is 0.510. The van der Waals surface area contributed by atoms with E-state index < -0.39 is 5.82 Å². The van der Waals surface area contributed by atoms with E-state index in [0.717, 1.165) is 10.0 Å². The zero-order valence-corrected chi connectivity index (χ0v) is 14.7. The summed E-state index contributed by atoms with van der Waals surface area (Å²) in [5, 5.41) is 8.12. The van der Waals surface area contributed by atoms with Crippen LogP contribution in [0.2, 0.25) is 0 Å². The van der Waals surface area contributed by atoms with Gasteiger partial charge in [0.05, 0.1) is 5.69 Å². The van der Waals surface area contributed by atoms with E-state index in [4.69, 9.17) is 4.52 Å². The lowest BCUT2D eigenvalue weighted by molar-refractivity contribution is 0.429. The van der Waals surface area contributed by atoms with Crippen molar-refractivity contribution in [1.82, 2.24) is 19.9 Å². The SMILES string of the molecule is O=c1ccn(-c2cccc(F)c2)nc1-c1nc(-c2cccc(Br)c2)no1. The monoisotopic (exact) mass is 412 g/mol. The Bertz CT molecular complexity index is 1160. The molecule has 0 spiro atoms. The predicted molar refractivity (Wildman–Crippen MR) is 96.2 cm³/mol. The van der Waals surface area contributed by atoms with Crippen LogP contribution in [0.4, 0.5) is 4.39 Å². The van der Waals surface area contributed by atoms with E-state index in [9.17, 15) is 9.18 Å². The van der Waals surface area contributed by atoms with Crippen molar-refractivity contribution in [3.63, 3.8) is 0 Å². The smallest absolute Gasteiger partial charge is 0.282 e. The van der Waals surface area contributed by atoms with E-state index >= 15 is 0 Å². The first-order valence-electron chi connectivity index (χ1n) is 7.56. The van der Waals surface area contributed by atoms with Crippen LogP contribution in [0.3, 0.4) is 0 Å². The molecule has 2 aromatic heterocycles. The van der Waals surface area contributed by atoms with E-state index in [1.54, 1.807) is 12.1 Å². The van der Waals surface area contributed by atoms with Gasteiger partial charge in [0.25, 0.3) is 5.89 Å². The van der Waals surface area contributed by atoms with Crippen molar-refractivity contribution in [2.45, 2.75) is 0 Å². The van der Waals surface area contributed by atoms with Gasteiger partial charge >= 0.3 is 0 Å². The Balaban J connectivity index is 1.77. The summed E-state index contributed by atoms with van der Waals surface area (Å²) in [7, 11) is 0. The molecule has 0 radical (unpaired) electrons. The Morgan fingerprint density at radius 3 is 2.73 bits per heavy atom. The molecule has 8 heteroatoms. The Labute approximate surface area is 155 Å². The van der Waals surface area contributed by atoms with Crippen LogP contribution in [-0.4, -0.2) is 19.9 Å². The predicted octanol–water partition coefficient (Wildman–Crippen LogP) is 3.85. The van der Waals surface area contributed by atoms with Crippen molar-refractivity contribution >= 4 is 15.9 Å². The molecule has 0 bridgehead atoms. The lowest BCUT2D eigenvalue weighted by Gasteiger charge is -2.05. The van der Waals surface area contributed by atoms with Gasteiger partial charge in [-0.05, 0) is 30.3 Å². The fourth-order valence-corrected chi connectivity index (χ4v) is 2.78. The van der Waals surface area contributed by atoms with Gasteiger partial charge in [-0.25, -0.2) is 9.07 Å². The van der Waals surface area contributed by atoms with Crippen LogP contribution in [0.25, 0.3) is 28.7 Å². The first-order valence-corrected chi connectivity index (χ1v) is 8.35. The Morgan fingerprint density at radius 1 is 1.08 bits per heavy atom. The first-order chi connectivity index (χ1) is 12.6. The number of benzene rings is 2. The van der Waals surface area contributed by atoms with Gasteiger partial charge in [0.1, 0.15) is 5.82 Å². The molecular formula is C18H10BrFN4O2. The molecular weight excluding hydrogens is 403 g/mol. The van der Waals surface area contributed by atoms with Crippen molar-refractivity contribution in [2.75, 3.05) is 0 Å². The highest BCUT2D eigenvalue weighted by atomic mass is 79.9. The minimum Gasteiger partial charge on any atom is -0.332 e. The van der Waals surface area contributed by atoms with Gasteiger partial charge < -0.3 is 4.52 Å². The number of rotatable bonds is 3. The van der Waals surface area contributed by atoms with E-state index in [1.165, 1.54) is 29.1 Å². The van der Waals surface area contributed by atoms with Crippen molar-refractivity contribution < 1.29 is 8.91 Å². The maximum atomic E-state index is 13.4. The Kier molecular flexibility index (Phi) is 4.18. The third-order valence-electron chi connectivity index (χ3n) is 3.59. The molecule has 2 heterocycles. The number of hydrogen-bond donors (Lipinski definition) is 0. The fraction of sp³-hybridized carbons (Fsp3) is 0. The van der Waals surface area contributed by atoms with E-state index in [-0.39, 0.29) is 17.0 Å². The van der Waals surface area contributed by atoms with Crippen LogP contribution in [0.15, 0.2) is 74.6 Å². The fourth-order valence-electron chi connectivity index (χ4n) is 2.38. The van der Waals surface area contributed by atoms with Gasteiger partial charge in [-0.2, -0.15) is 10.1 Å². The van der Waals surface area contributed by atoms with Crippen LogP contribution in [0.1, 0.15) is 0 Å². The van der Waals surface area contributed by atoms with Crippen LogP contribution in [0, 0.1) is 5.82 Å². The maximum Gasteiger partial charge on any atom is 0.282 e. The Morgan fingerprint density at radius 2 is 1.92 bits per heavy atom. The van der Waals surface area contributed by atoms with Crippen LogP contribution < -0.4 is 5.43 Å². The van der Waals surface area contributed by atoms with Crippen molar-refractivity contribution in [3.05, 3.63) is 81.3 Å². The van der Waals surface area contributed by atoms with Crippen LogP contribution >= 0.6 is 15.9 Å². The largest absolute Gasteiger partial charge is 0.332 e. The molecule has 0 saturated heterocycles. The standard InChI is InChI=1S/C18H10BrFN4O2/c19-12-4-1-3-11(9-12)17-21-18(26-23-17)16-15(25)7-8-24(22-16)14-6-2-5-13(20)10-14/h1-10H. The summed E-state index contributed by atoms with van der Waals surface area (Å²) < 4.78 is 20.9. The lowest BCUT2D eigenvalue weighted by atomic mass is 10.2. The molecule has 4 rings (SSSR count). The minimum absolute atomic E-state index is 0.00396. The highest BCUT2D eigenvalue weighted by Gasteiger charge is 2.16. The number of aromatic nitrogens is 4. The summed E-state index contributed by atoms with van der Waals surface area (Å²) in [6.07, 6.45) is 1.45. The van der Waals surface area contributed by atoms with Gasteiger partial charge in [0.2, 0.25) is 11.3 Å². The second-order valence-corrected chi connectivity index (χ2v) is 6.30. The molecule has 0 N–H and O–H groups in total. The molecule has 0 aliphatic rings. The van der Waals surface area contributed by atoms with Crippen LogP contribution in [-0.2, 0) is 0 Å². The van der Waals surface area contributed by atoms with Gasteiger partial charge in [-0.1, -0.05) is 39.3 Å². The zero-order valence-electron chi connectivity index (χ0n) is 13.1. The molecule has 0 aliphatic heterocycles. The summed E-state index contributed by atoms with van der Waals surface area (Å²) in [6, 6.07) is 14.6. The highest BCUT2D eigenvalue weighted by Crippen LogP contribution is 2.22. The molecule has 128 valence electrons. The van der Waals surface area contributed by atoms with Gasteiger partial charge in [-0.3, -0.25) is 4.79 Å². The average molecular weight is 413 g/mol. The number of halogens is 2. The second-order valence-electron chi connectivity index (χ2n) is 5.39. The third kappa shape index (κ3) is 3.18. The van der Waals surface area contributed by atoms with Gasteiger partial charge in [0.15, 0.2) is 5.69 Å². The molecule has 26 heavy (non-hydrogen) atoms. The molecule has 6 nitrogen and oxygen atoms in total. The maximum absolute atomic E-state index is 13.4. The van der Waals surface area contributed by atoms with E-state index in [0.29, 0.717) is 11.5 Å². The molecule has 0 aliphatic carbocycles.